The van der Waals surface area contributed by atoms with E-state index < -0.39 is 0 Å². The van der Waals surface area contributed by atoms with Gasteiger partial charge in [-0.2, -0.15) is 0 Å². The molecule has 3 heteroatoms. The van der Waals surface area contributed by atoms with Gasteiger partial charge in [-0.05, 0) is 43.6 Å². The van der Waals surface area contributed by atoms with Gasteiger partial charge in [0.25, 0.3) is 0 Å². The molecule has 96 valence electrons. The Hall–Kier alpha value is -1.06. The average molecular weight is 237 g/mol. The number of aliphatic hydroxyl groups excluding tert-OH is 1. The van der Waals surface area contributed by atoms with E-state index in [1.165, 1.54) is 0 Å². The van der Waals surface area contributed by atoms with Crippen LogP contribution >= 0.6 is 0 Å². The molecule has 1 aromatic carbocycles. The lowest BCUT2D eigenvalue weighted by atomic mass is 10.1. The zero-order valence-electron chi connectivity index (χ0n) is 10.8. The highest BCUT2D eigenvalue weighted by molar-refractivity contribution is 5.26. The van der Waals surface area contributed by atoms with Gasteiger partial charge in [-0.1, -0.05) is 26.0 Å². The quantitative estimate of drug-likeness (QED) is 0.762. The Morgan fingerprint density at radius 1 is 1.12 bits per heavy atom. The lowest BCUT2D eigenvalue weighted by Crippen LogP contribution is -2.27. The van der Waals surface area contributed by atoms with Crippen LogP contribution in [-0.2, 0) is 6.42 Å². The van der Waals surface area contributed by atoms with Gasteiger partial charge in [0, 0.05) is 6.54 Å². The van der Waals surface area contributed by atoms with Gasteiger partial charge in [0.15, 0.2) is 0 Å². The number of hydrogen-bond donors (Lipinski definition) is 2. The minimum absolute atomic E-state index is 0.270. The summed E-state index contributed by atoms with van der Waals surface area (Å²) in [7, 11) is 0. The maximum atomic E-state index is 9.92. The van der Waals surface area contributed by atoms with Crippen molar-refractivity contribution in [2.24, 2.45) is 0 Å². The van der Waals surface area contributed by atoms with Crippen LogP contribution in [0.2, 0.25) is 0 Å². The van der Waals surface area contributed by atoms with Gasteiger partial charge in [-0.3, -0.25) is 0 Å². The lowest BCUT2D eigenvalue weighted by Gasteiger charge is -2.20. The molecule has 0 amide bonds. The summed E-state index contributed by atoms with van der Waals surface area (Å²) in [5, 5.41) is 19.1. The molecule has 3 nitrogen and oxygen atoms in total. The maximum absolute atomic E-state index is 9.92. The predicted molar refractivity (Wildman–Crippen MR) is 70.2 cm³/mol. The van der Waals surface area contributed by atoms with Crippen LogP contribution in [0.3, 0.4) is 0 Å². The summed E-state index contributed by atoms with van der Waals surface area (Å²) in [6.45, 7) is 7.27. The van der Waals surface area contributed by atoms with Gasteiger partial charge in [-0.25, -0.2) is 0 Å². The largest absolute Gasteiger partial charge is 0.508 e. The maximum Gasteiger partial charge on any atom is 0.115 e. The summed E-state index contributed by atoms with van der Waals surface area (Å²) in [4.78, 5) is 2.31. The van der Waals surface area contributed by atoms with Crippen molar-refractivity contribution >= 4 is 0 Å². The summed E-state index contributed by atoms with van der Waals surface area (Å²) < 4.78 is 0. The molecular formula is C14H23NO2. The monoisotopic (exact) mass is 237 g/mol. The molecule has 0 bridgehead atoms. The normalized spacial score (nSPS) is 12.9. The second-order valence-electron chi connectivity index (χ2n) is 4.34. The molecule has 0 saturated heterocycles. The highest BCUT2D eigenvalue weighted by Gasteiger charge is 2.07. The Morgan fingerprint density at radius 3 is 2.24 bits per heavy atom. The Kier molecular flexibility index (Phi) is 6.01. The Labute approximate surface area is 104 Å². The van der Waals surface area contributed by atoms with Crippen molar-refractivity contribution in [3.05, 3.63) is 29.8 Å². The molecule has 0 saturated carbocycles. The predicted octanol–water partition coefficient (Wildman–Crippen LogP) is 2.03. The minimum atomic E-state index is -0.305. The molecule has 0 aliphatic carbocycles. The number of hydrogen-bond acceptors (Lipinski definition) is 3. The van der Waals surface area contributed by atoms with Crippen LogP contribution in [0.1, 0.15) is 25.8 Å². The first-order valence-corrected chi connectivity index (χ1v) is 6.34. The Morgan fingerprint density at radius 2 is 1.71 bits per heavy atom. The molecule has 17 heavy (non-hydrogen) atoms. The molecular weight excluding hydrogens is 214 g/mol. The fraction of sp³-hybridized carbons (Fsp3) is 0.571. The third-order valence-electron chi connectivity index (χ3n) is 3.08. The van der Waals surface area contributed by atoms with E-state index in [4.69, 9.17) is 5.11 Å². The lowest BCUT2D eigenvalue weighted by molar-refractivity contribution is 0.143. The second kappa shape index (κ2) is 7.30. The fourth-order valence-corrected chi connectivity index (χ4v) is 1.88. The smallest absolute Gasteiger partial charge is 0.115 e. The van der Waals surface area contributed by atoms with Gasteiger partial charge >= 0.3 is 0 Å². The first-order chi connectivity index (χ1) is 8.15. The van der Waals surface area contributed by atoms with E-state index in [0.29, 0.717) is 6.42 Å². The summed E-state index contributed by atoms with van der Waals surface area (Å²) in [6, 6.07) is 7.03. The highest BCUT2D eigenvalue weighted by atomic mass is 16.3. The van der Waals surface area contributed by atoms with Gasteiger partial charge < -0.3 is 15.1 Å². The van der Waals surface area contributed by atoms with Crippen molar-refractivity contribution in [1.82, 2.24) is 4.90 Å². The molecule has 0 heterocycles. The summed E-state index contributed by atoms with van der Waals surface area (Å²) in [5.74, 6) is 0.270. The van der Waals surface area contributed by atoms with Crippen molar-refractivity contribution in [3.8, 4) is 5.75 Å². The molecule has 0 fully saturated rings. The van der Waals surface area contributed by atoms with Crippen molar-refractivity contribution in [2.75, 3.05) is 19.6 Å². The third-order valence-corrected chi connectivity index (χ3v) is 3.08. The van der Waals surface area contributed by atoms with Crippen molar-refractivity contribution in [2.45, 2.75) is 32.8 Å². The number of aromatic hydroxyl groups is 1. The van der Waals surface area contributed by atoms with Crippen molar-refractivity contribution in [1.29, 1.82) is 0 Å². The number of phenolic OH excluding ortho intramolecular Hbond substituents is 1. The van der Waals surface area contributed by atoms with Crippen LogP contribution in [0.15, 0.2) is 24.3 Å². The molecule has 1 aromatic rings. The van der Waals surface area contributed by atoms with E-state index in [9.17, 15) is 5.11 Å². The van der Waals surface area contributed by atoms with Gasteiger partial charge in [-0.15, -0.1) is 0 Å². The SMILES string of the molecule is CCN(CC)CCC(O)Cc1ccc(O)cc1. The summed E-state index contributed by atoms with van der Waals surface area (Å²) in [6.07, 6.45) is 1.14. The summed E-state index contributed by atoms with van der Waals surface area (Å²) in [5.41, 5.74) is 1.06. The number of aliphatic hydroxyl groups is 1. The molecule has 0 aliphatic heterocycles. The number of nitrogens with zero attached hydrogens (tertiary/aromatic N) is 1. The minimum Gasteiger partial charge on any atom is -0.508 e. The van der Waals surface area contributed by atoms with Crippen LogP contribution in [0.25, 0.3) is 0 Å². The second-order valence-corrected chi connectivity index (χ2v) is 4.34. The Bertz CT molecular complexity index is 307. The molecule has 0 spiro atoms. The zero-order valence-corrected chi connectivity index (χ0v) is 10.8. The molecule has 0 radical (unpaired) electrons. The first kappa shape index (κ1) is 14.0. The average Bonchev–Trinajstić information content (AvgIpc) is 2.33. The van der Waals surface area contributed by atoms with E-state index in [1.54, 1.807) is 12.1 Å². The van der Waals surface area contributed by atoms with E-state index in [0.717, 1.165) is 31.6 Å². The van der Waals surface area contributed by atoms with Crippen LogP contribution in [-0.4, -0.2) is 40.9 Å². The fourth-order valence-electron chi connectivity index (χ4n) is 1.88. The van der Waals surface area contributed by atoms with Gasteiger partial charge in [0.1, 0.15) is 5.75 Å². The number of rotatable bonds is 7. The van der Waals surface area contributed by atoms with E-state index >= 15 is 0 Å². The highest BCUT2D eigenvalue weighted by Crippen LogP contribution is 2.12. The molecule has 1 rings (SSSR count). The molecule has 0 aromatic heterocycles. The van der Waals surface area contributed by atoms with Crippen LogP contribution in [0.5, 0.6) is 5.75 Å². The first-order valence-electron chi connectivity index (χ1n) is 6.34. The zero-order chi connectivity index (χ0) is 12.7. The van der Waals surface area contributed by atoms with E-state index in [2.05, 4.69) is 18.7 Å². The molecule has 0 aliphatic rings. The number of phenols is 1. The van der Waals surface area contributed by atoms with Crippen LogP contribution in [0, 0.1) is 0 Å². The van der Waals surface area contributed by atoms with Gasteiger partial charge in [0.05, 0.1) is 6.10 Å². The third kappa shape index (κ3) is 5.20. The molecule has 2 N–H and O–H groups in total. The molecule has 1 atom stereocenters. The van der Waals surface area contributed by atoms with Crippen molar-refractivity contribution < 1.29 is 10.2 Å². The standard InChI is InChI=1S/C14H23NO2/c1-3-15(4-2)10-9-14(17)11-12-5-7-13(16)8-6-12/h5-8,14,16-17H,3-4,9-11H2,1-2H3. The topological polar surface area (TPSA) is 43.7 Å². The Balaban J connectivity index is 2.34. The van der Waals surface area contributed by atoms with Gasteiger partial charge in [0.2, 0.25) is 0 Å². The van der Waals surface area contributed by atoms with E-state index in [-0.39, 0.29) is 11.9 Å². The van der Waals surface area contributed by atoms with E-state index in [1.807, 2.05) is 12.1 Å². The van der Waals surface area contributed by atoms with Crippen LogP contribution in [0.4, 0.5) is 0 Å². The number of benzene rings is 1. The summed E-state index contributed by atoms with van der Waals surface area (Å²) >= 11 is 0. The van der Waals surface area contributed by atoms with Crippen LogP contribution < -0.4 is 0 Å². The van der Waals surface area contributed by atoms with Crippen molar-refractivity contribution in [3.63, 3.8) is 0 Å². The molecule has 1 unspecified atom stereocenters.